The molecule has 0 bridgehead atoms. The minimum Gasteiger partial charge on any atom is -0.399 e. The fourth-order valence-electron chi connectivity index (χ4n) is 8.65. The molecule has 0 radical (unpaired) electrons. The van der Waals surface area contributed by atoms with Crippen LogP contribution in [0.3, 0.4) is 0 Å². The highest BCUT2D eigenvalue weighted by Crippen LogP contribution is 2.39. The predicted octanol–water partition coefficient (Wildman–Crippen LogP) is 17.8. The molecule has 0 aliphatic heterocycles. The third kappa shape index (κ3) is 14.5. The highest BCUT2D eigenvalue weighted by molar-refractivity contribution is 6.31. The van der Waals surface area contributed by atoms with E-state index in [0.29, 0.717) is 46.3 Å². The number of halogens is 1. The van der Waals surface area contributed by atoms with E-state index < -0.39 is 0 Å². The number of nitrogens with two attached hydrogens (primary N) is 1. The Labute approximate surface area is 423 Å². The first-order chi connectivity index (χ1) is 33.0. The summed E-state index contributed by atoms with van der Waals surface area (Å²) in [4.78, 5) is 17.2. The van der Waals surface area contributed by atoms with Gasteiger partial charge in [-0.05, 0) is 167 Å². The van der Waals surface area contributed by atoms with Crippen LogP contribution in [0.4, 0.5) is 40.2 Å². The van der Waals surface area contributed by atoms with Gasteiger partial charge < -0.3 is 21.7 Å². The normalized spacial score (nSPS) is 10.8. The molecule has 5 N–H and O–H groups in total. The molecule has 0 saturated carbocycles. The third-order valence-corrected chi connectivity index (χ3v) is 11.9. The van der Waals surface area contributed by atoms with Crippen LogP contribution in [0.2, 0.25) is 5.15 Å². The minimum absolute atomic E-state index is 0. The maximum absolute atomic E-state index is 5.95. The van der Waals surface area contributed by atoms with E-state index in [2.05, 4.69) is 216 Å². The van der Waals surface area contributed by atoms with Gasteiger partial charge in [0.15, 0.2) is 22.6 Å². The molecule has 0 aliphatic rings. The Morgan fingerprint density at radius 2 is 0.743 bits per heavy atom. The van der Waals surface area contributed by atoms with Crippen LogP contribution in [0.25, 0.3) is 22.3 Å². The minimum atomic E-state index is 0. The fraction of sp³-hybridized carbons (Fsp3) is 0.279. The molecule has 6 aromatic carbocycles. The molecule has 364 valence electrons. The average molecular weight is 954 g/mol. The number of nitrogens with zero attached hydrogens (tertiary/aromatic N) is 4. The van der Waals surface area contributed by atoms with E-state index in [4.69, 9.17) is 17.3 Å². The summed E-state index contributed by atoms with van der Waals surface area (Å²) in [5.41, 5.74) is 25.2. The number of benzene rings is 6. The molecular weight excluding hydrogens is 880 g/mol. The molecule has 0 spiro atoms. The van der Waals surface area contributed by atoms with Gasteiger partial charge in [-0.15, -0.1) is 0 Å². The Bertz CT molecular complexity index is 2880. The van der Waals surface area contributed by atoms with Crippen molar-refractivity contribution >= 4 is 51.8 Å². The molecule has 70 heavy (non-hydrogen) atoms. The second kappa shape index (κ2) is 25.0. The van der Waals surface area contributed by atoms with Crippen molar-refractivity contribution in [3.8, 4) is 22.3 Å². The molecule has 0 unspecified atom stereocenters. The van der Waals surface area contributed by atoms with Crippen LogP contribution in [0, 0.1) is 27.7 Å². The summed E-state index contributed by atoms with van der Waals surface area (Å²) in [6.45, 7) is 26.3. The predicted molar refractivity (Wildman–Crippen MR) is 302 cm³/mol. The fourth-order valence-corrected chi connectivity index (χ4v) is 8.80. The standard InChI is InChI=1S/C30H34N4.C18H23N.C12H12ClN3.CH4/c1-19(2)26-11-8-12-27(20(3)4)28(26)23-9-7-10-24(18-23)33-29-30(32-14-13-31-29)34-25-16-21(5)15-22(6)17-25;1-12(2)16-9-6-10-17(13(3)4)18(16)14-7-5-8-15(19)11-14;1-8-5-9(2)7-10(6-8)16-12-11(13)14-3-4-15-12;/h7-20H,1-6H3,(H,31,33)(H,32,34);5-13H,19H2,1-4H3;3-7H,1-2H3,(H,15,16);1H4. The van der Waals surface area contributed by atoms with Crippen molar-refractivity contribution in [3.05, 3.63) is 196 Å². The number of aryl methyl sites for hydroxylation is 4. The Morgan fingerprint density at radius 1 is 0.400 bits per heavy atom. The molecule has 0 saturated heterocycles. The SMILES string of the molecule is C.CC(C)c1cccc(C(C)C)c1-c1cccc(N)c1.Cc1cc(C)cc(Nc2nccnc2Cl)c1.Cc1cc(C)cc(Nc2nccnc2Nc2cccc(-c3c(C(C)C)cccc3C(C)C)c2)c1. The quantitative estimate of drug-likeness (QED) is 0.0896. The summed E-state index contributed by atoms with van der Waals surface area (Å²) < 4.78 is 0. The van der Waals surface area contributed by atoms with Crippen molar-refractivity contribution in [1.82, 2.24) is 19.9 Å². The number of nitrogen functional groups attached to an aromatic ring is 1. The molecule has 0 aliphatic carbocycles. The van der Waals surface area contributed by atoms with Gasteiger partial charge in [0.1, 0.15) is 0 Å². The molecule has 8 nitrogen and oxygen atoms in total. The zero-order chi connectivity index (χ0) is 49.8. The molecule has 2 aromatic heterocycles. The maximum Gasteiger partial charge on any atom is 0.173 e. The summed E-state index contributed by atoms with van der Waals surface area (Å²) in [6, 6.07) is 42.7. The van der Waals surface area contributed by atoms with Crippen LogP contribution >= 0.6 is 11.6 Å². The lowest BCUT2D eigenvalue weighted by molar-refractivity contribution is 0.838. The van der Waals surface area contributed by atoms with Gasteiger partial charge in [-0.2, -0.15) is 0 Å². The van der Waals surface area contributed by atoms with E-state index in [9.17, 15) is 0 Å². The Kier molecular flexibility index (Phi) is 19.3. The first-order valence-electron chi connectivity index (χ1n) is 23.9. The number of anilines is 7. The van der Waals surface area contributed by atoms with Crippen molar-refractivity contribution in [1.29, 1.82) is 0 Å². The van der Waals surface area contributed by atoms with Crippen molar-refractivity contribution in [2.75, 3.05) is 21.7 Å². The summed E-state index contributed by atoms with van der Waals surface area (Å²) in [6.07, 6.45) is 6.59. The van der Waals surface area contributed by atoms with Crippen LogP contribution in [0.5, 0.6) is 0 Å². The van der Waals surface area contributed by atoms with Gasteiger partial charge in [-0.1, -0.05) is 147 Å². The number of hydrogen-bond donors (Lipinski definition) is 4. The summed E-state index contributed by atoms with van der Waals surface area (Å²) in [5.74, 6) is 3.88. The van der Waals surface area contributed by atoms with Crippen LogP contribution < -0.4 is 21.7 Å². The highest BCUT2D eigenvalue weighted by Gasteiger charge is 2.18. The second-order valence-electron chi connectivity index (χ2n) is 19.0. The number of rotatable bonds is 12. The van der Waals surface area contributed by atoms with Gasteiger partial charge in [0.25, 0.3) is 0 Å². The summed E-state index contributed by atoms with van der Waals surface area (Å²) >= 11 is 5.92. The lowest BCUT2D eigenvalue weighted by atomic mass is 9.85. The average Bonchev–Trinajstić information content (AvgIpc) is 3.29. The van der Waals surface area contributed by atoms with Gasteiger partial charge in [0.05, 0.1) is 0 Å². The zero-order valence-electron chi connectivity index (χ0n) is 42.4. The van der Waals surface area contributed by atoms with Crippen molar-refractivity contribution in [3.63, 3.8) is 0 Å². The van der Waals surface area contributed by atoms with Gasteiger partial charge in [0.2, 0.25) is 0 Å². The first kappa shape index (κ1) is 53.9. The molecule has 0 fully saturated rings. The zero-order valence-corrected chi connectivity index (χ0v) is 43.2. The Morgan fingerprint density at radius 3 is 1.14 bits per heavy atom. The van der Waals surface area contributed by atoms with Crippen molar-refractivity contribution in [2.24, 2.45) is 0 Å². The van der Waals surface area contributed by atoms with Crippen LogP contribution in [-0.4, -0.2) is 19.9 Å². The van der Waals surface area contributed by atoms with Crippen LogP contribution in [0.15, 0.2) is 146 Å². The lowest BCUT2D eigenvalue weighted by Crippen LogP contribution is -2.03. The van der Waals surface area contributed by atoms with E-state index in [1.807, 2.05) is 24.3 Å². The molecule has 0 amide bonds. The van der Waals surface area contributed by atoms with Gasteiger partial charge >= 0.3 is 0 Å². The highest BCUT2D eigenvalue weighted by atomic mass is 35.5. The number of aromatic nitrogens is 4. The van der Waals surface area contributed by atoms with Crippen LogP contribution in [-0.2, 0) is 0 Å². The second-order valence-corrected chi connectivity index (χ2v) is 19.4. The number of hydrogen-bond acceptors (Lipinski definition) is 8. The first-order valence-corrected chi connectivity index (χ1v) is 24.3. The summed E-state index contributed by atoms with van der Waals surface area (Å²) in [7, 11) is 0. The maximum atomic E-state index is 5.95. The van der Waals surface area contributed by atoms with E-state index in [0.717, 1.165) is 22.7 Å². The van der Waals surface area contributed by atoms with Gasteiger partial charge in [-0.25, -0.2) is 19.9 Å². The van der Waals surface area contributed by atoms with Crippen molar-refractivity contribution < 1.29 is 0 Å². The van der Waals surface area contributed by atoms with E-state index in [1.54, 1.807) is 24.8 Å². The smallest absolute Gasteiger partial charge is 0.173 e. The lowest BCUT2D eigenvalue weighted by Gasteiger charge is -2.20. The summed E-state index contributed by atoms with van der Waals surface area (Å²) in [5, 5.41) is 10.5. The van der Waals surface area contributed by atoms with E-state index in [-0.39, 0.29) is 7.43 Å². The number of nitrogens with one attached hydrogen (secondary N) is 3. The van der Waals surface area contributed by atoms with E-state index >= 15 is 0 Å². The Hall–Kier alpha value is -7.03. The monoisotopic (exact) mass is 953 g/mol. The molecular formula is C61H73ClN8. The van der Waals surface area contributed by atoms with Crippen LogP contribution in [0.1, 0.15) is 131 Å². The molecule has 8 rings (SSSR count). The molecule has 8 aromatic rings. The topological polar surface area (TPSA) is 114 Å². The Balaban J connectivity index is 0.000000214. The third-order valence-electron chi connectivity index (χ3n) is 11.7. The largest absolute Gasteiger partial charge is 0.399 e. The van der Waals surface area contributed by atoms with E-state index in [1.165, 1.54) is 66.8 Å². The van der Waals surface area contributed by atoms with Gasteiger partial charge in [0, 0.05) is 47.5 Å². The van der Waals surface area contributed by atoms with Crippen molar-refractivity contribution in [2.45, 2.75) is 114 Å². The molecule has 0 atom stereocenters. The van der Waals surface area contributed by atoms with Gasteiger partial charge in [-0.3, -0.25) is 0 Å². The molecule has 9 heteroatoms. The molecule has 2 heterocycles.